The molecule has 0 aliphatic carbocycles. The highest BCUT2D eigenvalue weighted by molar-refractivity contribution is 5.83. The first kappa shape index (κ1) is 44.1. The molecule has 2 aliphatic rings. The van der Waals surface area contributed by atoms with Crippen molar-refractivity contribution in [3.63, 3.8) is 0 Å². The van der Waals surface area contributed by atoms with E-state index in [4.69, 9.17) is 34.1 Å². The van der Waals surface area contributed by atoms with Gasteiger partial charge in [-0.25, -0.2) is 19.9 Å². The van der Waals surface area contributed by atoms with Gasteiger partial charge >= 0.3 is 0 Å². The normalized spacial score (nSPS) is 15.3. The Morgan fingerprint density at radius 1 is 0.460 bits per heavy atom. The molecule has 6 aromatic rings. The second-order valence-electron chi connectivity index (χ2n) is 23.4. The van der Waals surface area contributed by atoms with Crippen LogP contribution < -0.4 is 14.2 Å². The van der Waals surface area contributed by atoms with E-state index in [0.717, 1.165) is 80.1 Å². The van der Waals surface area contributed by atoms with Crippen LogP contribution in [-0.4, -0.2) is 19.9 Å². The standard InChI is InChI=1S/C56H66N4O3/c1-51(2,3)29-33-17-19-41-43(21-33)55(13,14)62-49-45(57-31-59-47(41)49)35-23-37(53(7,8)9)27-39(25-35)61-40-26-36(24-38(28-40)54(10,11)12)46-50-48(60-32-58-46)42-20-18-34(30-52(4,5)6)22-44(42)56(15,16)63-50/h17-28,31-32H,29-30H2,1-16H3. The van der Waals surface area contributed by atoms with Gasteiger partial charge in [-0.05, 0) is 121 Å². The van der Waals surface area contributed by atoms with E-state index >= 15 is 0 Å². The van der Waals surface area contributed by atoms with E-state index < -0.39 is 11.2 Å². The van der Waals surface area contributed by atoms with Gasteiger partial charge in [-0.15, -0.1) is 0 Å². The SMILES string of the molecule is CC(C)(C)Cc1ccc2c(c1)C(C)(C)Oc1c(-c3cc(Oc4cc(-c5ncnc6c5OC(C)(C)c5cc(CC(C)(C)C)ccc5-6)cc(C(C)(C)C)c4)cc(C(C)(C)C)c3)ncnc1-2. The monoisotopic (exact) mass is 843 g/mol. The summed E-state index contributed by atoms with van der Waals surface area (Å²) in [4.78, 5) is 19.5. The molecule has 63 heavy (non-hydrogen) atoms. The maximum absolute atomic E-state index is 6.99. The van der Waals surface area contributed by atoms with Gasteiger partial charge in [0.25, 0.3) is 0 Å². The van der Waals surface area contributed by atoms with Crippen molar-refractivity contribution < 1.29 is 14.2 Å². The number of ether oxygens (including phenoxy) is 3. The quantitative estimate of drug-likeness (QED) is 0.165. The van der Waals surface area contributed by atoms with Crippen molar-refractivity contribution in [2.24, 2.45) is 10.8 Å². The lowest BCUT2D eigenvalue weighted by Gasteiger charge is -2.36. The summed E-state index contributed by atoms with van der Waals surface area (Å²) in [5.74, 6) is 2.75. The van der Waals surface area contributed by atoms with Crippen LogP contribution in [-0.2, 0) is 34.9 Å². The third kappa shape index (κ3) is 8.99. The summed E-state index contributed by atoms with van der Waals surface area (Å²) >= 11 is 0. The van der Waals surface area contributed by atoms with E-state index in [0.29, 0.717) is 23.0 Å². The number of hydrogen-bond donors (Lipinski definition) is 0. The van der Waals surface area contributed by atoms with Crippen molar-refractivity contribution >= 4 is 0 Å². The van der Waals surface area contributed by atoms with E-state index in [-0.39, 0.29) is 21.7 Å². The molecule has 0 bridgehead atoms. The Balaban J connectivity index is 1.22. The van der Waals surface area contributed by atoms with Gasteiger partial charge in [-0.3, -0.25) is 0 Å². The number of hydrogen-bond acceptors (Lipinski definition) is 7. The van der Waals surface area contributed by atoms with Crippen molar-refractivity contribution in [2.45, 2.75) is 146 Å². The molecular weight excluding hydrogens is 777 g/mol. The van der Waals surface area contributed by atoms with Gasteiger partial charge < -0.3 is 14.2 Å². The molecule has 0 fully saturated rings. The van der Waals surface area contributed by atoms with E-state index in [1.807, 2.05) is 0 Å². The molecule has 0 atom stereocenters. The molecule has 0 radical (unpaired) electrons. The van der Waals surface area contributed by atoms with Gasteiger partial charge in [0.15, 0.2) is 11.5 Å². The summed E-state index contributed by atoms with van der Waals surface area (Å²) in [5.41, 5.74) is 12.8. The zero-order valence-corrected chi connectivity index (χ0v) is 40.5. The molecule has 0 amide bonds. The lowest BCUT2D eigenvalue weighted by Crippen LogP contribution is -2.30. The molecule has 4 heterocycles. The number of fused-ring (bicyclic) bond motifs is 6. The summed E-state index contributed by atoms with van der Waals surface area (Å²) in [6.07, 6.45) is 5.25. The van der Waals surface area contributed by atoms with Crippen LogP contribution in [0.3, 0.4) is 0 Å². The lowest BCUT2D eigenvalue weighted by molar-refractivity contribution is 0.105. The van der Waals surface area contributed by atoms with E-state index in [2.05, 4.69) is 184 Å². The van der Waals surface area contributed by atoms with Gasteiger partial charge in [0.2, 0.25) is 0 Å². The molecule has 7 heteroatoms. The Kier molecular flexibility index (Phi) is 10.5. The first-order chi connectivity index (χ1) is 29.1. The highest BCUT2D eigenvalue weighted by Gasteiger charge is 2.38. The van der Waals surface area contributed by atoms with Gasteiger partial charge in [-0.2, -0.15) is 0 Å². The fourth-order valence-electron chi connectivity index (χ4n) is 8.98. The minimum atomic E-state index is -0.600. The van der Waals surface area contributed by atoms with Crippen LogP contribution in [0.2, 0.25) is 0 Å². The first-order valence-corrected chi connectivity index (χ1v) is 22.5. The maximum atomic E-state index is 6.99. The topological polar surface area (TPSA) is 79.2 Å². The fourth-order valence-corrected chi connectivity index (χ4v) is 8.98. The average Bonchev–Trinajstić information content (AvgIpc) is 3.15. The summed E-state index contributed by atoms with van der Waals surface area (Å²) in [7, 11) is 0. The smallest absolute Gasteiger partial charge is 0.173 e. The highest BCUT2D eigenvalue weighted by atomic mass is 16.5. The Bertz CT molecular complexity index is 2560. The maximum Gasteiger partial charge on any atom is 0.173 e. The van der Waals surface area contributed by atoms with Crippen LogP contribution >= 0.6 is 0 Å². The molecule has 0 N–H and O–H groups in total. The Morgan fingerprint density at radius 2 is 0.825 bits per heavy atom. The van der Waals surface area contributed by atoms with Crippen molar-refractivity contribution in [1.82, 2.24) is 19.9 Å². The molecule has 0 saturated carbocycles. The summed E-state index contributed by atoms with van der Waals surface area (Å²) in [5, 5.41) is 0. The van der Waals surface area contributed by atoms with Gasteiger partial charge in [0, 0.05) is 33.4 Å². The molecule has 2 aromatic heterocycles. The van der Waals surface area contributed by atoms with E-state index in [1.54, 1.807) is 12.7 Å². The molecule has 4 aromatic carbocycles. The number of aromatic nitrogens is 4. The average molecular weight is 843 g/mol. The molecule has 8 rings (SSSR count). The van der Waals surface area contributed by atoms with E-state index in [9.17, 15) is 0 Å². The predicted octanol–water partition coefficient (Wildman–Crippen LogP) is 14.8. The Labute approximate surface area is 376 Å². The predicted molar refractivity (Wildman–Crippen MR) is 257 cm³/mol. The second kappa shape index (κ2) is 15.0. The van der Waals surface area contributed by atoms with Crippen LogP contribution in [0.1, 0.15) is 144 Å². The Morgan fingerprint density at radius 3 is 1.17 bits per heavy atom. The van der Waals surface area contributed by atoms with Gasteiger partial charge in [0.05, 0.1) is 0 Å². The van der Waals surface area contributed by atoms with Gasteiger partial charge in [0.1, 0.15) is 58.1 Å². The molecular formula is C56H66N4O3. The number of nitrogens with zero attached hydrogens (tertiary/aromatic N) is 4. The molecule has 0 unspecified atom stereocenters. The van der Waals surface area contributed by atoms with Crippen LogP contribution in [0.4, 0.5) is 0 Å². The lowest BCUT2D eigenvalue weighted by atomic mass is 9.82. The molecule has 328 valence electrons. The molecule has 0 saturated heterocycles. The largest absolute Gasteiger partial charge is 0.479 e. The molecule has 2 aliphatic heterocycles. The molecule has 0 spiro atoms. The third-order valence-electron chi connectivity index (χ3n) is 12.1. The van der Waals surface area contributed by atoms with Crippen LogP contribution in [0.25, 0.3) is 45.0 Å². The van der Waals surface area contributed by atoms with Crippen LogP contribution in [0.5, 0.6) is 23.0 Å². The van der Waals surface area contributed by atoms with Crippen LogP contribution in [0, 0.1) is 10.8 Å². The van der Waals surface area contributed by atoms with Crippen molar-refractivity contribution in [2.75, 3.05) is 0 Å². The van der Waals surface area contributed by atoms with Gasteiger partial charge in [-0.1, -0.05) is 119 Å². The van der Waals surface area contributed by atoms with Crippen molar-refractivity contribution in [1.29, 1.82) is 0 Å². The summed E-state index contributed by atoms with van der Waals surface area (Å²) < 4.78 is 20.9. The number of rotatable bonds is 6. The third-order valence-corrected chi connectivity index (χ3v) is 12.1. The summed E-state index contributed by atoms with van der Waals surface area (Å²) in [6.45, 7) is 35.5. The zero-order valence-electron chi connectivity index (χ0n) is 40.5. The van der Waals surface area contributed by atoms with Crippen LogP contribution in [0.15, 0.2) is 85.5 Å². The van der Waals surface area contributed by atoms with E-state index in [1.165, 1.54) is 11.1 Å². The fraction of sp³-hybridized carbons (Fsp3) is 0.429. The second-order valence-corrected chi connectivity index (χ2v) is 23.4. The molecule has 7 nitrogen and oxygen atoms in total. The van der Waals surface area contributed by atoms with Crippen molar-refractivity contribution in [3.8, 4) is 68.0 Å². The Hall–Kier alpha value is -5.56. The highest BCUT2D eigenvalue weighted by Crippen LogP contribution is 2.51. The zero-order chi connectivity index (χ0) is 45.7. The number of benzene rings is 4. The van der Waals surface area contributed by atoms with Crippen molar-refractivity contribution in [3.05, 3.63) is 119 Å². The minimum Gasteiger partial charge on any atom is -0.479 e. The minimum absolute atomic E-state index is 0.166. The first-order valence-electron chi connectivity index (χ1n) is 22.5. The summed E-state index contributed by atoms with van der Waals surface area (Å²) in [6, 6.07) is 26.3.